The Kier molecular flexibility index (Phi) is 21.6. The maximum atomic E-state index is 6.61. The zero-order chi connectivity index (χ0) is 90.2. The van der Waals surface area contributed by atoms with E-state index in [2.05, 4.69) is 562 Å². The first-order chi connectivity index (χ1) is 67.5. The molecule has 4 heterocycles. The number of hydrogen-bond acceptors (Lipinski definition) is 9. The molecular formula is C126H87N7OS2. The van der Waals surface area contributed by atoms with Crippen LogP contribution in [0.2, 0.25) is 0 Å². The van der Waals surface area contributed by atoms with Gasteiger partial charge in [0.2, 0.25) is 0 Å². The molecule has 136 heavy (non-hydrogen) atoms. The lowest BCUT2D eigenvalue weighted by atomic mass is 9.98. The van der Waals surface area contributed by atoms with E-state index in [0.29, 0.717) is 0 Å². The number of benzene rings is 21. The van der Waals surface area contributed by atoms with Gasteiger partial charge in [0, 0.05) is 149 Å². The molecule has 21 aromatic carbocycles. The standard InChI is InChI=1S/C72H50N4O.C54H37N3S2/c1-8-22-51(23-9-1)53-44-54(52-24-10-2-11-25-52)46-64(45-53)76-69-41-37-60(47-66(69)65-40-36-63(50-70(65)76)74(57-30-16-5-17-31-57)58-32-18-6-19-33-58)75(59-34-20-7-21-35-59)62-39-43-72-68(49-62)67-48-61(38-42-71(67)77-72)73(55-26-12-3-13-27-55)56-28-14-4-15-29-56;1-6-18-38(19-7-1)55(43-32-34-51-47(36-43)45-28-16-30-49(53(45)58-51)56(39-20-8-2-9-21-39)40-22-10-3-11-23-40)44-33-35-52-48(37-44)46-29-17-31-50(54(46)59-52)57(41-24-12-4-13-25-41)42-26-14-5-15-27-42/h1-50H;1-37H. The Bertz CT molecular complexity index is 8180. The summed E-state index contributed by atoms with van der Waals surface area (Å²) in [6.07, 6.45) is 0. The molecule has 25 aromatic rings. The van der Waals surface area contributed by atoms with Gasteiger partial charge in [-0.3, -0.25) is 0 Å². The van der Waals surface area contributed by atoms with Crippen molar-refractivity contribution < 1.29 is 4.42 Å². The summed E-state index contributed by atoms with van der Waals surface area (Å²) in [6, 6.07) is 189. The molecule has 0 aliphatic rings. The highest BCUT2D eigenvalue weighted by atomic mass is 32.1. The third-order valence-electron chi connectivity index (χ3n) is 25.7. The van der Waals surface area contributed by atoms with Gasteiger partial charge in [-0.15, -0.1) is 22.7 Å². The number of para-hydroxylation sites is 10. The van der Waals surface area contributed by atoms with Crippen LogP contribution in [-0.4, -0.2) is 4.57 Å². The van der Waals surface area contributed by atoms with Gasteiger partial charge in [-0.25, -0.2) is 0 Å². The molecule has 0 unspecified atom stereocenters. The first-order valence-electron chi connectivity index (χ1n) is 46.0. The lowest BCUT2D eigenvalue weighted by molar-refractivity contribution is 0.669. The topological polar surface area (TPSA) is 37.5 Å². The van der Waals surface area contributed by atoms with Crippen LogP contribution in [0.15, 0.2) is 532 Å². The minimum Gasteiger partial charge on any atom is -0.456 e. The SMILES string of the molecule is c1ccc(-c2cc(-c3ccccc3)cc(-n3c4ccc(N(c5ccccc5)c5ccc6oc7ccc(N(c8ccccc8)c8ccccc8)cc7c6c5)cc4c4ccc(N(c5ccccc5)c5ccccc5)cc43)c2)cc1.c1ccc(N(c2ccc3sc4c(N(c5ccccc5)c5ccccc5)cccc4c3c2)c2ccc3sc4c(N(c5ccccc5)c5ccccc5)cccc4c3c2)cc1. The number of nitrogens with zero attached hydrogens (tertiary/aromatic N) is 7. The number of anilines is 18. The van der Waals surface area contributed by atoms with Gasteiger partial charge in [-0.1, -0.05) is 273 Å². The Morgan fingerprint density at radius 3 is 0.772 bits per heavy atom. The minimum absolute atomic E-state index is 0.835. The molecule has 8 nitrogen and oxygen atoms in total. The normalized spacial score (nSPS) is 11.4. The van der Waals surface area contributed by atoms with Gasteiger partial charge in [0.05, 0.1) is 31.8 Å². The zero-order valence-corrected chi connectivity index (χ0v) is 75.7. The Morgan fingerprint density at radius 1 is 0.162 bits per heavy atom. The highest BCUT2D eigenvalue weighted by Crippen LogP contribution is 2.52. The van der Waals surface area contributed by atoms with Crippen LogP contribution in [0.5, 0.6) is 0 Å². The fourth-order valence-electron chi connectivity index (χ4n) is 19.5. The second kappa shape index (κ2) is 36.0. The molecule has 644 valence electrons. The molecule has 0 saturated heterocycles. The predicted molar refractivity (Wildman–Crippen MR) is 579 cm³/mol. The minimum atomic E-state index is 0.835. The number of furan rings is 1. The molecule has 0 bridgehead atoms. The second-order valence-corrected chi connectivity index (χ2v) is 36.0. The summed E-state index contributed by atoms with van der Waals surface area (Å²) in [6.45, 7) is 0. The molecule has 0 spiro atoms. The van der Waals surface area contributed by atoms with Crippen molar-refractivity contribution in [3.05, 3.63) is 528 Å². The Balaban J connectivity index is 0.000000154. The van der Waals surface area contributed by atoms with E-state index in [-0.39, 0.29) is 0 Å². The van der Waals surface area contributed by atoms with Gasteiger partial charge in [0.15, 0.2) is 0 Å². The van der Waals surface area contributed by atoms with Gasteiger partial charge in [-0.05, 0) is 277 Å². The van der Waals surface area contributed by atoms with Crippen molar-refractivity contribution in [1.29, 1.82) is 0 Å². The predicted octanol–water partition coefficient (Wildman–Crippen LogP) is 37.3. The first-order valence-corrected chi connectivity index (χ1v) is 47.6. The first kappa shape index (κ1) is 81.7. The maximum Gasteiger partial charge on any atom is 0.135 e. The quantitative estimate of drug-likeness (QED) is 0.0710. The van der Waals surface area contributed by atoms with Gasteiger partial charge < -0.3 is 38.4 Å². The Morgan fingerprint density at radius 2 is 0.434 bits per heavy atom. The van der Waals surface area contributed by atoms with E-state index in [1.807, 2.05) is 22.7 Å². The van der Waals surface area contributed by atoms with Crippen LogP contribution in [0.1, 0.15) is 0 Å². The largest absolute Gasteiger partial charge is 0.456 e. The molecule has 25 rings (SSSR count). The third-order valence-corrected chi connectivity index (χ3v) is 28.1. The van der Waals surface area contributed by atoms with Crippen LogP contribution in [0.25, 0.3) is 112 Å². The van der Waals surface area contributed by atoms with Gasteiger partial charge in [0.1, 0.15) is 11.2 Å². The number of fused-ring (bicyclic) bond motifs is 12. The summed E-state index contributed by atoms with van der Waals surface area (Å²) in [5.41, 5.74) is 29.4. The smallest absolute Gasteiger partial charge is 0.135 e. The number of hydrogen-bond donors (Lipinski definition) is 0. The van der Waals surface area contributed by atoms with E-state index in [0.717, 1.165) is 163 Å². The fraction of sp³-hybridized carbons (Fsp3) is 0. The van der Waals surface area contributed by atoms with E-state index >= 15 is 0 Å². The molecule has 0 radical (unpaired) electrons. The Hall–Kier alpha value is -17.5. The summed E-state index contributed by atoms with van der Waals surface area (Å²) >= 11 is 3.72. The van der Waals surface area contributed by atoms with E-state index < -0.39 is 0 Å². The van der Waals surface area contributed by atoms with Crippen molar-refractivity contribution in [2.45, 2.75) is 0 Å². The highest BCUT2D eigenvalue weighted by Gasteiger charge is 2.27. The fourth-order valence-corrected chi connectivity index (χ4v) is 21.9. The molecule has 0 aliphatic carbocycles. The van der Waals surface area contributed by atoms with Crippen molar-refractivity contribution in [3.63, 3.8) is 0 Å². The molecule has 0 amide bonds. The Labute approximate surface area is 797 Å². The van der Waals surface area contributed by atoms with Gasteiger partial charge >= 0.3 is 0 Å². The van der Waals surface area contributed by atoms with Crippen LogP contribution in [-0.2, 0) is 0 Å². The van der Waals surface area contributed by atoms with E-state index in [1.54, 1.807) is 0 Å². The number of aromatic nitrogens is 1. The van der Waals surface area contributed by atoms with Crippen LogP contribution < -0.4 is 29.4 Å². The summed E-state index contributed by atoms with van der Waals surface area (Å²) in [5.74, 6) is 0. The maximum absolute atomic E-state index is 6.61. The second-order valence-electron chi connectivity index (χ2n) is 33.9. The van der Waals surface area contributed by atoms with Crippen molar-refractivity contribution in [2.75, 3.05) is 29.4 Å². The van der Waals surface area contributed by atoms with E-state index in [1.165, 1.54) is 51.7 Å². The monoisotopic (exact) mass is 1780 g/mol. The van der Waals surface area contributed by atoms with Crippen LogP contribution in [0, 0.1) is 0 Å². The summed E-state index contributed by atoms with van der Waals surface area (Å²) in [5, 5.41) is 9.39. The van der Waals surface area contributed by atoms with Crippen molar-refractivity contribution >= 4 is 209 Å². The van der Waals surface area contributed by atoms with Crippen molar-refractivity contribution in [3.8, 4) is 27.9 Å². The van der Waals surface area contributed by atoms with Gasteiger partial charge in [0.25, 0.3) is 0 Å². The average molecular weight is 1780 g/mol. The zero-order valence-electron chi connectivity index (χ0n) is 74.1. The number of rotatable bonds is 21. The number of thiophene rings is 2. The van der Waals surface area contributed by atoms with Crippen LogP contribution in [0.3, 0.4) is 0 Å². The molecular weight excluding hydrogens is 1690 g/mol. The molecule has 0 atom stereocenters. The molecule has 4 aromatic heterocycles. The molecule has 0 aliphatic heterocycles. The third kappa shape index (κ3) is 15.5. The van der Waals surface area contributed by atoms with E-state index in [4.69, 9.17) is 4.42 Å². The summed E-state index contributed by atoms with van der Waals surface area (Å²) in [7, 11) is 0. The molecule has 0 N–H and O–H groups in total. The lowest BCUT2D eigenvalue weighted by Gasteiger charge is -2.26. The summed E-state index contributed by atoms with van der Waals surface area (Å²) in [4.78, 5) is 14.2. The molecule has 0 saturated carbocycles. The summed E-state index contributed by atoms with van der Waals surface area (Å²) < 4.78 is 14.1. The van der Waals surface area contributed by atoms with Crippen molar-refractivity contribution in [2.24, 2.45) is 0 Å². The van der Waals surface area contributed by atoms with Crippen LogP contribution >= 0.6 is 22.7 Å². The lowest BCUT2D eigenvalue weighted by Crippen LogP contribution is -2.10. The average Bonchev–Trinajstić information content (AvgIpc) is 1.57. The highest BCUT2D eigenvalue weighted by molar-refractivity contribution is 7.27. The van der Waals surface area contributed by atoms with E-state index in [9.17, 15) is 0 Å². The van der Waals surface area contributed by atoms with Gasteiger partial charge in [-0.2, -0.15) is 0 Å². The molecule has 10 heteroatoms. The molecule has 0 fully saturated rings. The van der Waals surface area contributed by atoms with Crippen molar-refractivity contribution in [1.82, 2.24) is 4.57 Å². The van der Waals surface area contributed by atoms with Crippen LogP contribution in [0.4, 0.5) is 102 Å².